The van der Waals surface area contributed by atoms with Crippen LogP contribution in [0.15, 0.2) is 12.2 Å². The first-order chi connectivity index (χ1) is 6.13. The largest absolute Gasteiger partial charge is 0.298 e. The molecule has 0 aromatic rings. The smallest absolute Gasteiger partial charge is 0.146 e. The fourth-order valence-electron chi connectivity index (χ4n) is 2.77. The molecule has 1 heterocycles. The molecule has 0 N–H and O–H groups in total. The highest BCUT2D eigenvalue weighted by Crippen LogP contribution is 2.44. The highest BCUT2D eigenvalue weighted by atomic mass is 16.1. The first-order valence-electron chi connectivity index (χ1n) is 4.99. The molecule has 13 heavy (non-hydrogen) atoms. The van der Waals surface area contributed by atoms with E-state index >= 15 is 0 Å². The van der Waals surface area contributed by atoms with Crippen molar-refractivity contribution in [2.45, 2.75) is 32.2 Å². The summed E-state index contributed by atoms with van der Waals surface area (Å²) < 4.78 is 0. The zero-order chi connectivity index (χ0) is 9.47. The zero-order valence-corrected chi connectivity index (χ0v) is 8.42. The quantitative estimate of drug-likeness (QED) is 0.570. The summed E-state index contributed by atoms with van der Waals surface area (Å²) in [6.45, 7) is 2.80. The van der Waals surface area contributed by atoms with Gasteiger partial charge in [0.25, 0.3) is 0 Å². The van der Waals surface area contributed by atoms with Crippen molar-refractivity contribution in [3.8, 4) is 0 Å². The van der Waals surface area contributed by atoms with Gasteiger partial charge in [-0.1, -0.05) is 12.2 Å². The molecule has 2 aliphatic rings. The molecule has 2 nitrogen and oxygen atoms in total. The Morgan fingerprint density at radius 3 is 2.54 bits per heavy atom. The zero-order valence-electron chi connectivity index (χ0n) is 8.42. The van der Waals surface area contributed by atoms with Gasteiger partial charge in [0.1, 0.15) is 5.78 Å². The Bertz CT molecular complexity index is 249. The van der Waals surface area contributed by atoms with Crippen molar-refractivity contribution in [1.82, 2.24) is 4.90 Å². The Morgan fingerprint density at radius 2 is 2.08 bits per heavy atom. The van der Waals surface area contributed by atoms with Gasteiger partial charge in [0, 0.05) is 6.54 Å². The fraction of sp³-hybridized carbons (Fsp3) is 0.727. The van der Waals surface area contributed by atoms with Crippen LogP contribution < -0.4 is 0 Å². The van der Waals surface area contributed by atoms with E-state index in [0.29, 0.717) is 11.2 Å². The number of nitrogens with zero attached hydrogens (tertiary/aromatic N) is 1. The van der Waals surface area contributed by atoms with E-state index in [1.165, 1.54) is 12.8 Å². The van der Waals surface area contributed by atoms with Crippen molar-refractivity contribution in [1.29, 1.82) is 0 Å². The maximum absolute atomic E-state index is 11.3. The maximum atomic E-state index is 11.3. The normalized spacial score (nSPS) is 31.7. The molecule has 0 unspecified atom stereocenters. The number of allylic oxidation sites excluding steroid dienone is 2. The van der Waals surface area contributed by atoms with Crippen molar-refractivity contribution < 1.29 is 4.79 Å². The lowest BCUT2D eigenvalue weighted by Crippen LogP contribution is -2.31. The molecule has 0 amide bonds. The van der Waals surface area contributed by atoms with Gasteiger partial charge in [0.05, 0.1) is 6.04 Å². The van der Waals surface area contributed by atoms with E-state index in [4.69, 9.17) is 0 Å². The van der Waals surface area contributed by atoms with Gasteiger partial charge in [-0.15, -0.1) is 0 Å². The Kier molecular flexibility index (Phi) is 2.03. The number of ketones is 1. The minimum atomic E-state index is 0.180. The van der Waals surface area contributed by atoms with Gasteiger partial charge in [0.15, 0.2) is 0 Å². The van der Waals surface area contributed by atoms with E-state index in [1.54, 1.807) is 6.92 Å². The van der Waals surface area contributed by atoms with Crippen LogP contribution in [0.3, 0.4) is 0 Å². The van der Waals surface area contributed by atoms with Crippen molar-refractivity contribution in [2.24, 2.45) is 5.41 Å². The highest BCUT2D eigenvalue weighted by Gasteiger charge is 2.43. The van der Waals surface area contributed by atoms with Gasteiger partial charge < -0.3 is 0 Å². The van der Waals surface area contributed by atoms with E-state index in [1.807, 2.05) is 0 Å². The van der Waals surface area contributed by atoms with Gasteiger partial charge in [-0.05, 0) is 38.6 Å². The summed E-state index contributed by atoms with van der Waals surface area (Å²) in [5, 5.41) is 0. The van der Waals surface area contributed by atoms with E-state index in [9.17, 15) is 4.79 Å². The van der Waals surface area contributed by atoms with Crippen molar-refractivity contribution in [3.05, 3.63) is 12.2 Å². The Balaban J connectivity index is 2.10. The molecule has 0 aromatic carbocycles. The lowest BCUT2D eigenvalue weighted by Gasteiger charge is -2.21. The number of carbonyl (C=O) groups is 1. The number of hydrogen-bond acceptors (Lipinski definition) is 2. The summed E-state index contributed by atoms with van der Waals surface area (Å²) in [5.74, 6) is 0.325. The maximum Gasteiger partial charge on any atom is 0.146 e. The van der Waals surface area contributed by atoms with Crippen molar-refractivity contribution in [2.75, 3.05) is 13.6 Å². The average Bonchev–Trinajstić information content (AvgIpc) is 2.60. The molecule has 1 spiro atoms. The highest BCUT2D eigenvalue weighted by molar-refractivity contribution is 5.81. The van der Waals surface area contributed by atoms with Crippen molar-refractivity contribution >= 4 is 5.78 Å². The monoisotopic (exact) mass is 179 g/mol. The number of Topliss-reactive ketones (excluding diaryl/α,β-unsaturated/α-hetero) is 1. The van der Waals surface area contributed by atoms with Gasteiger partial charge in [-0.25, -0.2) is 0 Å². The minimum absolute atomic E-state index is 0.180. The summed E-state index contributed by atoms with van der Waals surface area (Å²) in [6, 6.07) is 0.180. The fourth-order valence-corrected chi connectivity index (χ4v) is 2.77. The molecule has 1 aliphatic carbocycles. The molecule has 0 saturated carbocycles. The molecule has 0 aromatic heterocycles. The molecule has 1 fully saturated rings. The van der Waals surface area contributed by atoms with Crippen LogP contribution in [-0.4, -0.2) is 30.3 Å². The molecule has 2 heteroatoms. The van der Waals surface area contributed by atoms with Gasteiger partial charge in [0.2, 0.25) is 0 Å². The number of rotatable bonds is 1. The molecule has 1 saturated heterocycles. The first-order valence-corrected chi connectivity index (χ1v) is 4.99. The third kappa shape index (κ3) is 1.44. The number of likely N-dealkylation sites (N-methyl/N-ethyl adjacent to an activating group) is 1. The standard InChI is InChI=1S/C11H17NO/c1-9(13)10-7-11(8-12(10)2)5-3-4-6-11/h3-4,10H,5-8H2,1-2H3/t10-/m0/s1. The second kappa shape index (κ2) is 2.95. The molecular weight excluding hydrogens is 162 g/mol. The molecule has 72 valence electrons. The molecule has 1 aliphatic heterocycles. The minimum Gasteiger partial charge on any atom is -0.298 e. The van der Waals surface area contributed by atoms with Gasteiger partial charge in [-0.3, -0.25) is 9.69 Å². The number of likely N-dealkylation sites (tertiary alicyclic amines) is 1. The van der Waals surface area contributed by atoms with Crippen LogP contribution in [-0.2, 0) is 4.79 Å². The number of carbonyl (C=O) groups excluding carboxylic acids is 1. The average molecular weight is 179 g/mol. The van der Waals surface area contributed by atoms with Crippen LogP contribution in [0.25, 0.3) is 0 Å². The Labute approximate surface area is 79.6 Å². The van der Waals surface area contributed by atoms with E-state index in [2.05, 4.69) is 24.1 Å². The predicted octanol–water partition coefficient (Wildman–Crippen LogP) is 1.62. The molecule has 1 atom stereocenters. The first kappa shape index (κ1) is 8.95. The van der Waals surface area contributed by atoms with Crippen LogP contribution in [0.4, 0.5) is 0 Å². The molecular formula is C11H17NO. The summed E-state index contributed by atoms with van der Waals surface area (Å²) in [6.07, 6.45) is 7.92. The summed E-state index contributed by atoms with van der Waals surface area (Å²) in [4.78, 5) is 13.6. The van der Waals surface area contributed by atoms with Crippen LogP contribution in [0.1, 0.15) is 26.2 Å². The SMILES string of the molecule is CC(=O)[C@@H]1CC2(CC=CC2)CN1C. The summed E-state index contributed by atoms with van der Waals surface area (Å²) in [7, 11) is 2.07. The van der Waals surface area contributed by atoms with Crippen LogP contribution in [0, 0.1) is 5.41 Å². The summed E-state index contributed by atoms with van der Waals surface area (Å²) >= 11 is 0. The third-order valence-corrected chi connectivity index (χ3v) is 3.48. The second-order valence-corrected chi connectivity index (χ2v) is 4.63. The van der Waals surface area contributed by atoms with Crippen molar-refractivity contribution in [3.63, 3.8) is 0 Å². The molecule has 0 bridgehead atoms. The number of hydrogen-bond donors (Lipinski definition) is 0. The predicted molar refractivity (Wildman–Crippen MR) is 52.5 cm³/mol. The lowest BCUT2D eigenvalue weighted by atomic mass is 9.82. The van der Waals surface area contributed by atoms with Crippen LogP contribution >= 0.6 is 0 Å². The van der Waals surface area contributed by atoms with E-state index in [-0.39, 0.29) is 6.04 Å². The van der Waals surface area contributed by atoms with Crippen LogP contribution in [0.5, 0.6) is 0 Å². The lowest BCUT2D eigenvalue weighted by molar-refractivity contribution is -0.120. The van der Waals surface area contributed by atoms with Gasteiger partial charge >= 0.3 is 0 Å². The third-order valence-electron chi connectivity index (χ3n) is 3.48. The van der Waals surface area contributed by atoms with E-state index in [0.717, 1.165) is 13.0 Å². The summed E-state index contributed by atoms with van der Waals surface area (Å²) in [5.41, 5.74) is 0.408. The topological polar surface area (TPSA) is 20.3 Å². The van der Waals surface area contributed by atoms with E-state index < -0.39 is 0 Å². The molecule has 2 rings (SSSR count). The Morgan fingerprint density at radius 1 is 1.46 bits per heavy atom. The Hall–Kier alpha value is -0.630. The van der Waals surface area contributed by atoms with Gasteiger partial charge in [-0.2, -0.15) is 0 Å². The molecule has 0 radical (unpaired) electrons. The van der Waals surface area contributed by atoms with Crippen LogP contribution in [0.2, 0.25) is 0 Å². The second-order valence-electron chi connectivity index (χ2n) is 4.63.